The first-order chi connectivity index (χ1) is 26.8. The van der Waals surface area contributed by atoms with E-state index in [4.69, 9.17) is 9.47 Å². The van der Waals surface area contributed by atoms with Crippen LogP contribution in [0.4, 0.5) is 11.4 Å². The lowest BCUT2D eigenvalue weighted by Crippen LogP contribution is -2.29. The molecule has 0 radical (unpaired) electrons. The van der Waals surface area contributed by atoms with Crippen molar-refractivity contribution in [3.8, 4) is 23.6 Å². The normalized spacial score (nSPS) is 11.9. The van der Waals surface area contributed by atoms with Crippen molar-refractivity contribution in [1.82, 2.24) is 0 Å². The van der Waals surface area contributed by atoms with Crippen molar-refractivity contribution in [1.29, 1.82) is 10.5 Å². The fraction of sp³-hybridized carbons (Fsp3) is 0.304. The van der Waals surface area contributed by atoms with Gasteiger partial charge >= 0.3 is 11.9 Å². The van der Waals surface area contributed by atoms with Gasteiger partial charge in [-0.05, 0) is 104 Å². The Labute approximate surface area is 325 Å². The summed E-state index contributed by atoms with van der Waals surface area (Å²) in [5.41, 5.74) is 3.34. The van der Waals surface area contributed by atoms with Crippen molar-refractivity contribution in [3.05, 3.63) is 131 Å². The predicted octanol–water partition coefficient (Wildman–Crippen LogP) is 9.16. The topological polar surface area (TPSA) is 127 Å². The molecule has 9 nitrogen and oxygen atoms in total. The zero-order valence-corrected chi connectivity index (χ0v) is 31.8. The van der Waals surface area contributed by atoms with E-state index in [-0.39, 0.29) is 11.1 Å². The number of para-hydroxylation sites is 2. The number of aliphatic hydroxyl groups is 1. The summed E-state index contributed by atoms with van der Waals surface area (Å²) in [7, 11) is 0. The number of carbonyl (C=O) groups excluding carboxylic acids is 2. The Morgan fingerprint density at radius 1 is 0.600 bits per heavy atom. The molecule has 1 N–H and O–H groups in total. The van der Waals surface area contributed by atoms with Crippen molar-refractivity contribution >= 4 is 35.5 Å². The molecular formula is C46H50N4O5. The van der Waals surface area contributed by atoms with Gasteiger partial charge in [-0.2, -0.15) is 10.5 Å². The molecule has 0 aliphatic rings. The molecule has 0 aromatic heterocycles. The number of hydrogen-bond donors (Lipinski definition) is 1. The maximum atomic E-state index is 12.6. The Morgan fingerprint density at radius 2 is 1.00 bits per heavy atom. The van der Waals surface area contributed by atoms with Gasteiger partial charge in [-0.1, -0.05) is 87.4 Å². The lowest BCUT2D eigenvalue weighted by molar-refractivity contribution is -0.130. The third-order valence-corrected chi connectivity index (χ3v) is 8.99. The van der Waals surface area contributed by atoms with Crippen LogP contribution in [0.1, 0.15) is 69.9 Å². The summed E-state index contributed by atoms with van der Waals surface area (Å²) in [5.74, 6) is -0.642. The molecule has 0 aliphatic heterocycles. The number of hydrogen-bond acceptors (Lipinski definition) is 9. The molecule has 0 fully saturated rings. The van der Waals surface area contributed by atoms with E-state index in [0.29, 0.717) is 30.9 Å². The summed E-state index contributed by atoms with van der Waals surface area (Å²) in [4.78, 5) is 29.7. The number of rotatable bonds is 21. The number of esters is 2. The van der Waals surface area contributed by atoms with Crippen LogP contribution in [0, 0.1) is 22.7 Å². The van der Waals surface area contributed by atoms with Crippen LogP contribution < -0.4 is 19.3 Å². The first kappa shape index (κ1) is 41.6. The summed E-state index contributed by atoms with van der Waals surface area (Å²) in [6.45, 7) is 7.54. The Morgan fingerprint density at radius 3 is 1.40 bits per heavy atom. The highest BCUT2D eigenvalue weighted by molar-refractivity contribution is 5.99. The molecular weight excluding hydrogens is 689 g/mol. The number of ether oxygens (including phenoxy) is 2. The van der Waals surface area contributed by atoms with E-state index in [2.05, 4.69) is 23.6 Å². The van der Waals surface area contributed by atoms with E-state index < -0.39 is 18.0 Å². The van der Waals surface area contributed by atoms with Crippen LogP contribution in [0.15, 0.2) is 120 Å². The fourth-order valence-corrected chi connectivity index (χ4v) is 5.88. The molecule has 4 aromatic carbocycles. The Kier molecular flexibility index (Phi) is 17.2. The fourth-order valence-electron chi connectivity index (χ4n) is 5.88. The molecule has 4 aromatic rings. The van der Waals surface area contributed by atoms with Crippen LogP contribution in [-0.4, -0.2) is 49.3 Å². The van der Waals surface area contributed by atoms with E-state index in [0.717, 1.165) is 74.2 Å². The van der Waals surface area contributed by atoms with E-state index in [1.165, 1.54) is 12.2 Å². The second-order valence-corrected chi connectivity index (χ2v) is 13.2. The van der Waals surface area contributed by atoms with Crippen LogP contribution in [0.3, 0.4) is 0 Å². The van der Waals surface area contributed by atoms with Gasteiger partial charge in [0, 0.05) is 37.6 Å². The van der Waals surface area contributed by atoms with Gasteiger partial charge < -0.3 is 24.4 Å². The number of aliphatic hydroxyl groups excluding tert-OH is 1. The molecule has 0 aliphatic carbocycles. The standard InChI is InChI=1S/C46H50N4O5/c1-3-5-28-49(40-23-19-36(20-24-40)32-38(34-47)45(52)54-43-15-9-7-10-16-43)30-13-14-42(51)27-31-50(29-6-4-2)41-25-21-37(22-26-41)33-39(35-48)46(53)55-44-17-11-8-12-18-44/h7-12,15-26,32-33,42,51H,3-6,13-14,27-31H2,1-2H3/b38-32+,39-33+. The molecule has 1 unspecified atom stereocenters. The van der Waals surface area contributed by atoms with E-state index >= 15 is 0 Å². The minimum Gasteiger partial charge on any atom is -0.422 e. The van der Waals surface area contributed by atoms with Gasteiger partial charge in [0.25, 0.3) is 0 Å². The van der Waals surface area contributed by atoms with Gasteiger partial charge in [-0.3, -0.25) is 0 Å². The average molecular weight is 739 g/mol. The van der Waals surface area contributed by atoms with Crippen LogP contribution in [0.2, 0.25) is 0 Å². The van der Waals surface area contributed by atoms with Crippen molar-refractivity contribution in [3.63, 3.8) is 0 Å². The van der Waals surface area contributed by atoms with Crippen molar-refractivity contribution in [2.24, 2.45) is 0 Å². The van der Waals surface area contributed by atoms with E-state index in [1.54, 1.807) is 48.5 Å². The van der Waals surface area contributed by atoms with Crippen molar-refractivity contribution in [2.75, 3.05) is 36.0 Å². The van der Waals surface area contributed by atoms with E-state index in [1.807, 2.05) is 72.8 Å². The molecule has 1 atom stereocenters. The highest BCUT2D eigenvalue weighted by Gasteiger charge is 2.15. The Balaban J connectivity index is 1.31. The van der Waals surface area contributed by atoms with Crippen molar-refractivity contribution in [2.45, 2.75) is 64.9 Å². The van der Waals surface area contributed by atoms with Gasteiger partial charge in [-0.25, -0.2) is 9.59 Å². The third kappa shape index (κ3) is 14.0. The summed E-state index contributed by atoms with van der Waals surface area (Å²) in [6, 6.07) is 36.8. The van der Waals surface area contributed by atoms with Gasteiger partial charge in [-0.15, -0.1) is 0 Å². The third-order valence-electron chi connectivity index (χ3n) is 8.99. The molecule has 4 rings (SSSR count). The van der Waals surface area contributed by atoms with Crippen LogP contribution in [-0.2, 0) is 9.59 Å². The van der Waals surface area contributed by atoms with Gasteiger partial charge in [0.2, 0.25) is 0 Å². The van der Waals surface area contributed by atoms with Crippen molar-refractivity contribution < 1.29 is 24.2 Å². The number of nitrogens with zero attached hydrogens (tertiary/aromatic N) is 4. The molecule has 0 saturated heterocycles. The second kappa shape index (κ2) is 22.8. The minimum absolute atomic E-state index is 0.0802. The van der Waals surface area contributed by atoms with Crippen LogP contribution in [0.5, 0.6) is 11.5 Å². The zero-order valence-electron chi connectivity index (χ0n) is 31.8. The Hall–Kier alpha value is -6.16. The maximum absolute atomic E-state index is 12.6. The number of carbonyl (C=O) groups is 2. The first-order valence-electron chi connectivity index (χ1n) is 19.0. The molecule has 9 heteroatoms. The molecule has 0 heterocycles. The molecule has 0 bridgehead atoms. The average Bonchev–Trinajstić information content (AvgIpc) is 3.21. The monoisotopic (exact) mass is 738 g/mol. The summed E-state index contributed by atoms with van der Waals surface area (Å²) in [5, 5.41) is 30.2. The minimum atomic E-state index is -0.703. The van der Waals surface area contributed by atoms with Gasteiger partial charge in [0.15, 0.2) is 0 Å². The van der Waals surface area contributed by atoms with Crippen LogP contribution >= 0.6 is 0 Å². The largest absolute Gasteiger partial charge is 0.422 e. The Bertz CT molecular complexity index is 1930. The van der Waals surface area contributed by atoms with Crippen LogP contribution in [0.25, 0.3) is 12.2 Å². The molecule has 0 spiro atoms. The number of benzene rings is 4. The summed E-state index contributed by atoms with van der Waals surface area (Å²) >= 11 is 0. The SMILES string of the molecule is CCCCN(CCCC(O)CCN(CCCC)c1ccc(/C=C(\C#N)C(=O)Oc2ccccc2)cc1)c1ccc(/C=C(\C#N)C(=O)Oc2ccccc2)cc1. The summed E-state index contributed by atoms with van der Waals surface area (Å²) in [6.07, 6.45) is 8.86. The highest BCUT2D eigenvalue weighted by atomic mass is 16.5. The first-order valence-corrected chi connectivity index (χ1v) is 19.0. The highest BCUT2D eigenvalue weighted by Crippen LogP contribution is 2.22. The lowest BCUT2D eigenvalue weighted by Gasteiger charge is -2.27. The van der Waals surface area contributed by atoms with Gasteiger partial charge in [0.1, 0.15) is 34.8 Å². The quantitative estimate of drug-likeness (QED) is 0.0385. The summed E-state index contributed by atoms with van der Waals surface area (Å²) < 4.78 is 10.7. The number of unbranched alkanes of at least 4 members (excludes halogenated alkanes) is 2. The lowest BCUT2D eigenvalue weighted by atomic mass is 10.1. The van der Waals surface area contributed by atoms with Gasteiger partial charge in [0.05, 0.1) is 6.10 Å². The molecule has 0 saturated carbocycles. The maximum Gasteiger partial charge on any atom is 0.354 e. The second-order valence-electron chi connectivity index (χ2n) is 13.2. The molecule has 55 heavy (non-hydrogen) atoms. The number of anilines is 2. The molecule has 284 valence electrons. The zero-order chi connectivity index (χ0) is 39.3. The molecule has 0 amide bonds. The number of nitriles is 2. The predicted molar refractivity (Wildman–Crippen MR) is 218 cm³/mol. The van der Waals surface area contributed by atoms with E-state index in [9.17, 15) is 25.2 Å². The smallest absolute Gasteiger partial charge is 0.354 e.